The lowest BCUT2D eigenvalue weighted by molar-refractivity contribution is -0.116. The van der Waals surface area contributed by atoms with E-state index in [1.807, 2.05) is 42.6 Å². The number of carbonyl (C=O) groups is 1. The largest absolute Gasteiger partial charge is 0.494 e. The van der Waals surface area contributed by atoms with Crippen molar-refractivity contribution >= 4 is 38.2 Å². The van der Waals surface area contributed by atoms with E-state index in [1.165, 1.54) is 10.8 Å². The maximum Gasteiger partial charge on any atom is 0.224 e. The standard InChI is InChI=1S/C13H15NO4S.C9H7N/c15-13-6-3-10-9-11(4-5-12(10)14-13)18-7-1-2-8-19(16)17;1-2-6-9-8(4-1)5-3-7-10-9/h4-5,8-9H,1-3,6-7H2,(H,14,15);1-7H. The van der Waals surface area contributed by atoms with Gasteiger partial charge in [-0.1, -0.05) is 24.3 Å². The molecule has 0 saturated carbocycles. The van der Waals surface area contributed by atoms with Crippen LogP contribution in [-0.2, 0) is 21.5 Å². The predicted octanol–water partition coefficient (Wildman–Crippen LogP) is 3.65. The van der Waals surface area contributed by atoms with Crippen molar-refractivity contribution in [3.63, 3.8) is 0 Å². The van der Waals surface area contributed by atoms with Gasteiger partial charge in [0.05, 0.1) is 12.1 Å². The lowest BCUT2D eigenvalue weighted by Crippen LogP contribution is -2.18. The third-order valence-corrected chi connectivity index (χ3v) is 4.86. The molecule has 0 saturated heterocycles. The molecule has 1 amide bonds. The monoisotopic (exact) mass is 410 g/mol. The van der Waals surface area contributed by atoms with Crippen molar-refractivity contribution in [2.45, 2.75) is 25.7 Å². The number of pyridine rings is 1. The number of nitrogens with zero attached hydrogens (tertiary/aromatic N) is 1. The first-order valence-corrected chi connectivity index (χ1v) is 10.5. The van der Waals surface area contributed by atoms with Crippen LogP contribution in [-0.4, -0.2) is 31.3 Å². The van der Waals surface area contributed by atoms with E-state index in [2.05, 4.69) is 22.4 Å². The van der Waals surface area contributed by atoms with Gasteiger partial charge in [0, 0.05) is 29.1 Å². The summed E-state index contributed by atoms with van der Waals surface area (Å²) in [7, 11) is -2.09. The highest BCUT2D eigenvalue weighted by molar-refractivity contribution is 7.71. The van der Waals surface area contributed by atoms with Gasteiger partial charge in [0.25, 0.3) is 0 Å². The molecule has 0 fully saturated rings. The fraction of sp³-hybridized carbons (Fsp3) is 0.227. The van der Waals surface area contributed by atoms with Crippen LogP contribution in [0, 0.1) is 0 Å². The van der Waals surface area contributed by atoms with E-state index in [9.17, 15) is 13.2 Å². The minimum Gasteiger partial charge on any atom is -0.494 e. The highest BCUT2D eigenvalue weighted by atomic mass is 32.2. The number of hydrogen-bond acceptors (Lipinski definition) is 5. The Morgan fingerprint density at radius 1 is 1.07 bits per heavy atom. The van der Waals surface area contributed by atoms with Gasteiger partial charge < -0.3 is 10.1 Å². The zero-order chi connectivity index (χ0) is 20.5. The predicted molar refractivity (Wildman–Crippen MR) is 115 cm³/mol. The number of aryl methyl sites for hydroxylation is 1. The maximum atomic E-state index is 11.2. The third-order valence-electron chi connectivity index (χ3n) is 4.36. The van der Waals surface area contributed by atoms with E-state index in [-0.39, 0.29) is 5.91 Å². The number of para-hydroxylation sites is 1. The number of nitrogens with one attached hydrogen (secondary N) is 1. The van der Waals surface area contributed by atoms with Gasteiger partial charge in [-0.3, -0.25) is 9.78 Å². The fourth-order valence-electron chi connectivity index (χ4n) is 2.92. The van der Waals surface area contributed by atoms with Crippen LogP contribution in [0.25, 0.3) is 10.9 Å². The van der Waals surface area contributed by atoms with Gasteiger partial charge in [-0.2, -0.15) is 8.42 Å². The summed E-state index contributed by atoms with van der Waals surface area (Å²) in [5, 5.41) is 5.23. The van der Waals surface area contributed by atoms with Gasteiger partial charge in [-0.05, 0) is 55.2 Å². The molecule has 7 heteroatoms. The Kier molecular flexibility index (Phi) is 7.35. The molecule has 2 aromatic carbocycles. The van der Waals surface area contributed by atoms with Crippen molar-refractivity contribution < 1.29 is 17.9 Å². The third kappa shape index (κ3) is 6.43. The molecule has 1 aromatic heterocycles. The number of hydrogen-bond donors (Lipinski definition) is 1. The molecule has 150 valence electrons. The molecule has 0 spiro atoms. The Hall–Kier alpha value is -3.19. The van der Waals surface area contributed by atoms with Crippen LogP contribution >= 0.6 is 0 Å². The number of benzene rings is 2. The average molecular weight is 410 g/mol. The van der Waals surface area contributed by atoms with Crippen molar-refractivity contribution in [2.75, 3.05) is 11.9 Å². The van der Waals surface area contributed by atoms with Gasteiger partial charge >= 0.3 is 0 Å². The molecule has 0 atom stereocenters. The first-order chi connectivity index (χ1) is 14.1. The van der Waals surface area contributed by atoms with Crippen LogP contribution in [0.15, 0.2) is 60.8 Å². The quantitative estimate of drug-likeness (QED) is 0.513. The topological polar surface area (TPSA) is 85.4 Å². The highest BCUT2D eigenvalue weighted by Gasteiger charge is 2.14. The minimum absolute atomic E-state index is 0.0438. The number of fused-ring (bicyclic) bond motifs is 2. The molecule has 3 aromatic rings. The molecule has 0 bridgehead atoms. The van der Waals surface area contributed by atoms with Gasteiger partial charge in [-0.25, -0.2) is 0 Å². The Morgan fingerprint density at radius 2 is 1.90 bits per heavy atom. The second kappa shape index (κ2) is 10.4. The lowest BCUT2D eigenvalue weighted by Gasteiger charge is -2.17. The number of ether oxygens (including phenoxy) is 1. The summed E-state index contributed by atoms with van der Waals surface area (Å²) in [6.45, 7) is 0.471. The van der Waals surface area contributed by atoms with Crippen molar-refractivity contribution in [1.82, 2.24) is 4.98 Å². The van der Waals surface area contributed by atoms with E-state index in [0.717, 1.165) is 28.9 Å². The number of anilines is 1. The molecular weight excluding hydrogens is 388 g/mol. The van der Waals surface area contributed by atoms with Crippen molar-refractivity contribution in [1.29, 1.82) is 0 Å². The molecule has 2 heterocycles. The summed E-state index contributed by atoms with van der Waals surface area (Å²) in [5.41, 5.74) is 2.98. The number of rotatable bonds is 5. The molecule has 1 N–H and O–H groups in total. The lowest BCUT2D eigenvalue weighted by atomic mass is 10.0. The summed E-state index contributed by atoms with van der Waals surface area (Å²) in [6.07, 6.45) is 4.17. The first kappa shape index (κ1) is 20.5. The van der Waals surface area contributed by atoms with E-state index >= 15 is 0 Å². The highest BCUT2D eigenvalue weighted by Crippen LogP contribution is 2.26. The first-order valence-electron chi connectivity index (χ1n) is 9.38. The summed E-state index contributed by atoms with van der Waals surface area (Å²) in [4.78, 5) is 15.4. The van der Waals surface area contributed by atoms with Crippen molar-refractivity contribution in [2.24, 2.45) is 0 Å². The van der Waals surface area contributed by atoms with Crippen molar-refractivity contribution in [3.05, 3.63) is 66.4 Å². The van der Waals surface area contributed by atoms with Crippen molar-refractivity contribution in [3.8, 4) is 5.75 Å². The molecule has 6 nitrogen and oxygen atoms in total. The van der Waals surface area contributed by atoms with E-state index in [1.54, 1.807) is 6.07 Å². The van der Waals surface area contributed by atoms with Crippen LogP contribution in [0.4, 0.5) is 5.69 Å². The number of amides is 1. The maximum absolute atomic E-state index is 11.2. The normalized spacial score (nSPS) is 12.2. The van der Waals surface area contributed by atoms with Gasteiger partial charge in [-0.15, -0.1) is 0 Å². The summed E-state index contributed by atoms with van der Waals surface area (Å²) in [6, 6.07) is 17.6. The van der Waals surface area contributed by atoms with E-state index in [0.29, 0.717) is 25.9 Å². The summed E-state index contributed by atoms with van der Waals surface area (Å²) in [5.74, 6) is 0.792. The number of carbonyl (C=O) groups excluding carboxylic acids is 1. The fourth-order valence-corrected chi connectivity index (χ4v) is 3.28. The zero-order valence-electron chi connectivity index (χ0n) is 15.9. The summed E-state index contributed by atoms with van der Waals surface area (Å²) >= 11 is 0. The minimum atomic E-state index is -2.09. The molecule has 1 aliphatic heterocycles. The number of unbranched alkanes of at least 4 members (excludes halogenated alkanes) is 1. The van der Waals surface area contributed by atoms with Crippen LogP contribution in [0.3, 0.4) is 0 Å². The van der Waals surface area contributed by atoms with E-state index < -0.39 is 10.3 Å². The Bertz CT molecular complexity index is 1050. The van der Waals surface area contributed by atoms with Crippen LogP contribution in [0.2, 0.25) is 0 Å². The molecule has 0 unspecified atom stereocenters. The molecule has 1 aliphatic rings. The molecule has 29 heavy (non-hydrogen) atoms. The number of aromatic nitrogens is 1. The molecule has 0 radical (unpaired) electrons. The Morgan fingerprint density at radius 3 is 2.72 bits per heavy atom. The molecular formula is C22H22N2O4S. The molecule has 0 aliphatic carbocycles. The van der Waals surface area contributed by atoms with Gasteiger partial charge in [0.15, 0.2) is 0 Å². The Labute approximate surface area is 171 Å². The van der Waals surface area contributed by atoms with Crippen LogP contribution in [0.5, 0.6) is 5.75 Å². The zero-order valence-corrected chi connectivity index (χ0v) is 16.7. The molecule has 4 rings (SSSR count). The smallest absolute Gasteiger partial charge is 0.224 e. The van der Waals surface area contributed by atoms with Gasteiger partial charge in [0.2, 0.25) is 16.2 Å². The van der Waals surface area contributed by atoms with Crippen LogP contribution in [0.1, 0.15) is 24.8 Å². The average Bonchev–Trinajstić information content (AvgIpc) is 2.74. The second-order valence-electron chi connectivity index (χ2n) is 6.48. The van der Waals surface area contributed by atoms with Crippen LogP contribution < -0.4 is 10.1 Å². The van der Waals surface area contributed by atoms with Gasteiger partial charge in [0.1, 0.15) is 5.75 Å². The summed E-state index contributed by atoms with van der Waals surface area (Å²) < 4.78 is 26.1. The Balaban J connectivity index is 0.000000200. The SMILES string of the molecule is O=C1CCc2cc(OCCCC=S(=O)=O)ccc2N1.c1ccc2ncccc2c1. The second-order valence-corrected chi connectivity index (χ2v) is 7.34. The van der Waals surface area contributed by atoms with E-state index in [4.69, 9.17) is 4.74 Å².